The topological polar surface area (TPSA) is 83.4 Å². The Morgan fingerprint density at radius 1 is 1.22 bits per heavy atom. The third-order valence-electron chi connectivity index (χ3n) is 4.62. The van der Waals surface area contributed by atoms with E-state index in [0.29, 0.717) is 12.5 Å². The first-order chi connectivity index (χ1) is 12.6. The van der Waals surface area contributed by atoms with E-state index in [1.165, 1.54) is 6.26 Å². The summed E-state index contributed by atoms with van der Waals surface area (Å²) >= 11 is 0. The highest BCUT2D eigenvalue weighted by Gasteiger charge is 2.26. The molecule has 3 unspecified atom stereocenters. The van der Waals surface area contributed by atoms with Gasteiger partial charge in [0.2, 0.25) is 5.91 Å². The molecule has 0 aliphatic carbocycles. The highest BCUT2D eigenvalue weighted by Crippen LogP contribution is 2.10. The third kappa shape index (κ3) is 6.12. The van der Waals surface area contributed by atoms with E-state index in [4.69, 9.17) is 4.42 Å². The average Bonchev–Trinajstić information content (AvgIpc) is 3.17. The van der Waals surface area contributed by atoms with Crippen molar-refractivity contribution in [2.24, 2.45) is 0 Å². The van der Waals surface area contributed by atoms with Crippen molar-refractivity contribution in [1.29, 1.82) is 0 Å². The van der Waals surface area contributed by atoms with Gasteiger partial charge in [-0.05, 0) is 44.0 Å². The lowest BCUT2D eigenvalue weighted by Gasteiger charge is -2.30. The molecule has 1 aromatic carbocycles. The first-order valence-corrected chi connectivity index (χ1v) is 9.04. The predicted molar refractivity (Wildman–Crippen MR) is 106 cm³/mol. The number of hydrogen-bond acceptors (Lipinski definition) is 4. The summed E-state index contributed by atoms with van der Waals surface area (Å²) in [5.74, 6) is -0.344. The van der Waals surface area contributed by atoms with Gasteiger partial charge in [-0.2, -0.15) is 0 Å². The normalized spacial score (nSPS) is 20.2. The van der Waals surface area contributed by atoms with Gasteiger partial charge in [0.05, 0.1) is 6.26 Å². The fourth-order valence-electron chi connectivity index (χ4n) is 3.26. The van der Waals surface area contributed by atoms with E-state index in [1.54, 1.807) is 12.1 Å². The van der Waals surface area contributed by atoms with Gasteiger partial charge in [-0.1, -0.05) is 30.3 Å². The number of piperidine rings is 1. The number of hydrogen-bond donors (Lipinski definition) is 3. The maximum absolute atomic E-state index is 12.9. The van der Waals surface area contributed by atoms with Crippen LogP contribution in [-0.2, 0) is 11.2 Å². The second kappa shape index (κ2) is 10.1. The van der Waals surface area contributed by atoms with E-state index in [1.807, 2.05) is 30.3 Å². The molecule has 1 aliphatic heterocycles. The molecule has 3 N–H and O–H groups in total. The second-order valence-corrected chi connectivity index (χ2v) is 6.78. The third-order valence-corrected chi connectivity index (χ3v) is 4.62. The van der Waals surface area contributed by atoms with Crippen molar-refractivity contribution in [3.05, 3.63) is 60.1 Å². The molecule has 1 aromatic heterocycles. The lowest BCUT2D eigenvalue weighted by Crippen LogP contribution is -2.53. The fraction of sp³-hybridized carbons (Fsp3) is 0.400. The molecular formula is C20H26ClN3O3. The van der Waals surface area contributed by atoms with Crippen molar-refractivity contribution >= 4 is 24.2 Å². The van der Waals surface area contributed by atoms with Crippen molar-refractivity contribution in [3.63, 3.8) is 0 Å². The van der Waals surface area contributed by atoms with Gasteiger partial charge in [0.25, 0.3) is 5.91 Å². The molecule has 3 atom stereocenters. The Kier molecular flexibility index (Phi) is 7.88. The van der Waals surface area contributed by atoms with Gasteiger partial charge < -0.3 is 20.4 Å². The van der Waals surface area contributed by atoms with E-state index in [2.05, 4.69) is 22.9 Å². The highest BCUT2D eigenvalue weighted by molar-refractivity contribution is 5.95. The van der Waals surface area contributed by atoms with Gasteiger partial charge in [-0.25, -0.2) is 0 Å². The number of rotatable bonds is 6. The number of carbonyl (C=O) groups is 2. The zero-order valence-corrected chi connectivity index (χ0v) is 16.1. The number of carbonyl (C=O) groups excluding carboxylic acids is 2. The molecule has 1 saturated heterocycles. The molecule has 3 rings (SSSR count). The largest absolute Gasteiger partial charge is 0.459 e. The molecule has 0 radical (unpaired) electrons. The van der Waals surface area contributed by atoms with Gasteiger partial charge in [-0.3, -0.25) is 9.59 Å². The average molecular weight is 392 g/mol. The summed E-state index contributed by atoms with van der Waals surface area (Å²) in [6, 6.07) is 12.8. The minimum absolute atomic E-state index is 0. The fourth-order valence-corrected chi connectivity index (χ4v) is 3.26. The van der Waals surface area contributed by atoms with Crippen LogP contribution in [0.25, 0.3) is 0 Å². The molecule has 7 heteroatoms. The van der Waals surface area contributed by atoms with E-state index in [0.717, 1.165) is 24.9 Å². The Morgan fingerprint density at radius 2 is 2.00 bits per heavy atom. The SMILES string of the molecule is CC1CC(NC(=O)C(Cc2ccccc2)NC(=O)c2ccco2)CCN1.Cl. The van der Waals surface area contributed by atoms with Gasteiger partial charge in [0.15, 0.2) is 5.76 Å². The second-order valence-electron chi connectivity index (χ2n) is 6.78. The molecule has 1 fully saturated rings. The van der Waals surface area contributed by atoms with Crippen LogP contribution in [0.1, 0.15) is 35.9 Å². The van der Waals surface area contributed by atoms with Crippen LogP contribution in [0.4, 0.5) is 0 Å². The van der Waals surface area contributed by atoms with Crippen LogP contribution in [0.3, 0.4) is 0 Å². The molecular weight excluding hydrogens is 366 g/mol. The van der Waals surface area contributed by atoms with Crippen LogP contribution in [-0.4, -0.2) is 36.5 Å². The number of amides is 2. The summed E-state index contributed by atoms with van der Waals surface area (Å²) in [6.07, 6.45) is 3.65. The summed E-state index contributed by atoms with van der Waals surface area (Å²) in [6.45, 7) is 2.99. The molecule has 6 nitrogen and oxygen atoms in total. The quantitative estimate of drug-likeness (QED) is 0.705. The Labute approximate surface area is 165 Å². The minimum Gasteiger partial charge on any atom is -0.459 e. The van der Waals surface area contributed by atoms with Gasteiger partial charge in [0, 0.05) is 18.5 Å². The van der Waals surface area contributed by atoms with Crippen LogP contribution in [0.15, 0.2) is 53.1 Å². The van der Waals surface area contributed by atoms with Crippen LogP contribution in [0, 0.1) is 0 Å². The molecule has 27 heavy (non-hydrogen) atoms. The van der Waals surface area contributed by atoms with Gasteiger partial charge in [0.1, 0.15) is 6.04 Å². The molecule has 146 valence electrons. The Bertz CT molecular complexity index is 721. The lowest BCUT2D eigenvalue weighted by molar-refractivity contribution is -0.123. The molecule has 0 saturated carbocycles. The Balaban J connectivity index is 0.00000261. The monoisotopic (exact) mass is 391 g/mol. The van der Waals surface area contributed by atoms with Crippen molar-refractivity contribution < 1.29 is 14.0 Å². The predicted octanol–water partition coefficient (Wildman–Crippen LogP) is 2.30. The summed E-state index contributed by atoms with van der Waals surface area (Å²) in [5.41, 5.74) is 0.992. The first-order valence-electron chi connectivity index (χ1n) is 9.04. The van der Waals surface area contributed by atoms with E-state index in [-0.39, 0.29) is 36.0 Å². The summed E-state index contributed by atoms with van der Waals surface area (Å²) in [4.78, 5) is 25.2. The number of benzene rings is 1. The van der Waals surface area contributed by atoms with E-state index in [9.17, 15) is 9.59 Å². The number of halogens is 1. The summed E-state index contributed by atoms with van der Waals surface area (Å²) < 4.78 is 5.14. The van der Waals surface area contributed by atoms with E-state index >= 15 is 0 Å². The molecule has 2 amide bonds. The van der Waals surface area contributed by atoms with Gasteiger partial charge >= 0.3 is 0 Å². The van der Waals surface area contributed by atoms with Crippen LogP contribution >= 0.6 is 12.4 Å². The first kappa shape index (κ1) is 21.0. The Hall–Kier alpha value is -2.31. The lowest BCUT2D eigenvalue weighted by atomic mass is 9.99. The zero-order valence-electron chi connectivity index (χ0n) is 15.3. The molecule has 2 aromatic rings. The van der Waals surface area contributed by atoms with Crippen molar-refractivity contribution in [1.82, 2.24) is 16.0 Å². The summed E-state index contributed by atoms with van der Waals surface area (Å²) in [5, 5.41) is 9.28. The maximum atomic E-state index is 12.9. The smallest absolute Gasteiger partial charge is 0.287 e. The highest BCUT2D eigenvalue weighted by atomic mass is 35.5. The van der Waals surface area contributed by atoms with Crippen LogP contribution in [0.5, 0.6) is 0 Å². The van der Waals surface area contributed by atoms with Crippen LogP contribution < -0.4 is 16.0 Å². The molecule has 0 bridgehead atoms. The standard InChI is InChI=1S/C20H25N3O3.ClH/c1-14-12-16(9-10-21-14)22-19(24)17(13-15-6-3-2-4-7-15)23-20(25)18-8-5-11-26-18;/h2-8,11,14,16-17,21H,9-10,12-13H2,1H3,(H,22,24)(H,23,25);1H. The number of nitrogens with one attached hydrogen (secondary N) is 3. The zero-order chi connectivity index (χ0) is 18.4. The van der Waals surface area contributed by atoms with Gasteiger partial charge in [-0.15, -0.1) is 12.4 Å². The van der Waals surface area contributed by atoms with Crippen LogP contribution in [0.2, 0.25) is 0 Å². The molecule has 2 heterocycles. The van der Waals surface area contributed by atoms with Crippen molar-refractivity contribution in [2.75, 3.05) is 6.54 Å². The van der Waals surface area contributed by atoms with E-state index < -0.39 is 6.04 Å². The molecule has 0 spiro atoms. The van der Waals surface area contributed by atoms with Crippen molar-refractivity contribution in [3.8, 4) is 0 Å². The minimum atomic E-state index is -0.653. The Morgan fingerprint density at radius 3 is 2.67 bits per heavy atom. The summed E-state index contributed by atoms with van der Waals surface area (Å²) in [7, 11) is 0. The number of furan rings is 1. The maximum Gasteiger partial charge on any atom is 0.287 e. The van der Waals surface area contributed by atoms with Crippen molar-refractivity contribution in [2.45, 2.75) is 44.3 Å². The molecule has 1 aliphatic rings.